The second-order valence-electron chi connectivity index (χ2n) is 5.22. The average Bonchev–Trinajstić information content (AvgIpc) is 2.68. The monoisotopic (exact) mass is 424 g/mol. The number of halogens is 1. The lowest BCUT2D eigenvalue weighted by atomic mass is 10.2. The van der Waals surface area contributed by atoms with Crippen molar-refractivity contribution in [2.24, 2.45) is 0 Å². The average molecular weight is 425 g/mol. The van der Waals surface area contributed by atoms with Crippen LogP contribution in [-0.2, 0) is 4.79 Å². The predicted octanol–water partition coefficient (Wildman–Crippen LogP) is 4.51. The summed E-state index contributed by atoms with van der Waals surface area (Å²) in [5.41, 5.74) is 2.54. The number of nitrogens with one attached hydrogen (secondary N) is 1. The number of pyridine rings is 2. The Bertz CT molecular complexity index is 956. The number of nitrogens with zero attached hydrogens (tertiary/aromatic N) is 3. The number of anilines is 1. The Balaban J connectivity index is 1.71. The molecular formula is C19H13BrN4OS. The van der Waals surface area contributed by atoms with Crippen LogP contribution in [0, 0.1) is 11.3 Å². The van der Waals surface area contributed by atoms with Crippen molar-refractivity contribution in [1.29, 1.82) is 5.26 Å². The highest BCUT2D eigenvalue weighted by Crippen LogP contribution is 2.24. The van der Waals surface area contributed by atoms with Gasteiger partial charge in [0.1, 0.15) is 11.1 Å². The molecule has 3 aromatic rings. The van der Waals surface area contributed by atoms with Gasteiger partial charge in [-0.2, -0.15) is 5.26 Å². The summed E-state index contributed by atoms with van der Waals surface area (Å²) in [7, 11) is 0. The third kappa shape index (κ3) is 4.69. The fraction of sp³-hybridized carbons (Fsp3) is 0.0526. The molecule has 0 aliphatic heterocycles. The molecule has 128 valence electrons. The molecule has 0 aliphatic rings. The van der Waals surface area contributed by atoms with Crippen LogP contribution in [-0.4, -0.2) is 21.6 Å². The molecule has 2 aromatic heterocycles. The van der Waals surface area contributed by atoms with Gasteiger partial charge < -0.3 is 5.32 Å². The van der Waals surface area contributed by atoms with E-state index in [9.17, 15) is 10.1 Å². The minimum Gasteiger partial charge on any atom is -0.325 e. The van der Waals surface area contributed by atoms with E-state index < -0.39 is 0 Å². The summed E-state index contributed by atoms with van der Waals surface area (Å²) in [6, 6.07) is 18.5. The molecule has 5 nitrogen and oxygen atoms in total. The van der Waals surface area contributed by atoms with Gasteiger partial charge in [-0.3, -0.25) is 9.78 Å². The van der Waals surface area contributed by atoms with Crippen molar-refractivity contribution in [3.05, 3.63) is 70.8 Å². The number of nitriles is 1. The molecule has 0 spiro atoms. The van der Waals surface area contributed by atoms with Crippen molar-refractivity contribution in [2.45, 2.75) is 5.03 Å². The molecule has 0 unspecified atom stereocenters. The van der Waals surface area contributed by atoms with E-state index in [4.69, 9.17) is 0 Å². The molecular weight excluding hydrogens is 412 g/mol. The van der Waals surface area contributed by atoms with Crippen molar-refractivity contribution < 1.29 is 4.79 Å². The van der Waals surface area contributed by atoms with Crippen molar-refractivity contribution in [1.82, 2.24) is 9.97 Å². The first-order chi connectivity index (χ1) is 12.7. The molecule has 0 bridgehead atoms. The SMILES string of the molecule is N#Cc1ccc(-c2ccccn2)nc1SCC(=O)Nc1ccc(Br)cc1. The fourth-order valence-corrected chi connectivity index (χ4v) is 3.19. The van der Waals surface area contributed by atoms with Gasteiger partial charge >= 0.3 is 0 Å². The Morgan fingerprint density at radius 2 is 1.92 bits per heavy atom. The highest BCUT2D eigenvalue weighted by Gasteiger charge is 2.11. The molecule has 1 N–H and O–H groups in total. The first-order valence-electron chi connectivity index (χ1n) is 7.66. The second-order valence-corrected chi connectivity index (χ2v) is 7.10. The standard InChI is InChI=1S/C19H13BrN4OS/c20-14-5-7-15(8-6-14)23-18(25)12-26-19-13(11-21)4-9-17(24-19)16-3-1-2-10-22-16/h1-10H,12H2,(H,23,25). The third-order valence-electron chi connectivity index (χ3n) is 3.38. The van der Waals surface area contributed by atoms with Gasteiger partial charge in [-0.15, -0.1) is 0 Å². The van der Waals surface area contributed by atoms with Gasteiger partial charge in [-0.05, 0) is 48.5 Å². The van der Waals surface area contributed by atoms with Crippen LogP contribution in [0.3, 0.4) is 0 Å². The van der Waals surface area contributed by atoms with Crippen LogP contribution < -0.4 is 5.32 Å². The van der Waals surface area contributed by atoms with Crippen LogP contribution in [0.15, 0.2) is 70.3 Å². The Kier molecular flexibility index (Phi) is 6.00. The Morgan fingerprint density at radius 3 is 2.62 bits per heavy atom. The maximum absolute atomic E-state index is 12.2. The summed E-state index contributed by atoms with van der Waals surface area (Å²) in [6.45, 7) is 0. The zero-order valence-corrected chi connectivity index (χ0v) is 15.9. The molecule has 3 rings (SSSR count). The molecule has 2 heterocycles. The normalized spacial score (nSPS) is 10.2. The summed E-state index contributed by atoms with van der Waals surface area (Å²) < 4.78 is 0.944. The highest BCUT2D eigenvalue weighted by molar-refractivity contribution is 9.10. The van der Waals surface area contributed by atoms with E-state index in [0.717, 1.165) is 15.9 Å². The number of thioether (sulfide) groups is 1. The molecule has 0 aliphatic carbocycles. The topological polar surface area (TPSA) is 78.7 Å². The highest BCUT2D eigenvalue weighted by atomic mass is 79.9. The molecule has 1 aromatic carbocycles. The minimum atomic E-state index is -0.161. The molecule has 0 radical (unpaired) electrons. The van der Waals surface area contributed by atoms with E-state index in [1.807, 2.05) is 42.5 Å². The molecule has 0 atom stereocenters. The fourth-order valence-electron chi connectivity index (χ4n) is 2.16. The summed E-state index contributed by atoms with van der Waals surface area (Å²) in [5, 5.41) is 12.6. The van der Waals surface area contributed by atoms with Crippen LogP contribution in [0.2, 0.25) is 0 Å². The van der Waals surface area contributed by atoms with Gasteiger partial charge in [0.15, 0.2) is 0 Å². The molecule has 7 heteroatoms. The van der Waals surface area contributed by atoms with Crippen LogP contribution in [0.1, 0.15) is 5.56 Å². The summed E-state index contributed by atoms with van der Waals surface area (Å²) in [5.74, 6) is -0.00471. The van der Waals surface area contributed by atoms with E-state index in [1.54, 1.807) is 18.3 Å². The number of aromatic nitrogens is 2. The molecule has 26 heavy (non-hydrogen) atoms. The lowest BCUT2D eigenvalue weighted by Crippen LogP contribution is -2.14. The van der Waals surface area contributed by atoms with E-state index in [-0.39, 0.29) is 11.7 Å². The van der Waals surface area contributed by atoms with Crippen LogP contribution in [0.5, 0.6) is 0 Å². The summed E-state index contributed by atoms with van der Waals surface area (Å²) >= 11 is 4.58. The summed E-state index contributed by atoms with van der Waals surface area (Å²) in [4.78, 5) is 20.9. The molecule has 1 amide bonds. The van der Waals surface area contributed by atoms with Gasteiger partial charge in [-0.25, -0.2) is 4.98 Å². The minimum absolute atomic E-state index is 0.156. The van der Waals surface area contributed by atoms with E-state index in [1.165, 1.54) is 11.8 Å². The van der Waals surface area contributed by atoms with E-state index >= 15 is 0 Å². The second kappa shape index (κ2) is 8.61. The smallest absolute Gasteiger partial charge is 0.234 e. The number of benzene rings is 1. The van der Waals surface area contributed by atoms with Crippen LogP contribution in [0.25, 0.3) is 11.4 Å². The van der Waals surface area contributed by atoms with Gasteiger partial charge in [0.2, 0.25) is 5.91 Å². The quantitative estimate of drug-likeness (QED) is 0.609. The Hall–Kier alpha value is -2.69. The predicted molar refractivity (Wildman–Crippen MR) is 106 cm³/mol. The largest absolute Gasteiger partial charge is 0.325 e. The maximum Gasteiger partial charge on any atom is 0.234 e. The first kappa shape index (κ1) is 18.1. The lowest BCUT2D eigenvalue weighted by molar-refractivity contribution is -0.113. The number of carbonyl (C=O) groups is 1. The Labute approximate surface area is 163 Å². The van der Waals surface area contributed by atoms with Crippen molar-refractivity contribution >= 4 is 39.3 Å². The van der Waals surface area contributed by atoms with Crippen LogP contribution >= 0.6 is 27.7 Å². The number of rotatable bonds is 5. The van der Waals surface area contributed by atoms with E-state index in [0.29, 0.717) is 16.3 Å². The molecule has 0 fully saturated rings. The van der Waals surface area contributed by atoms with Gasteiger partial charge in [-0.1, -0.05) is 33.8 Å². The third-order valence-corrected chi connectivity index (χ3v) is 4.90. The number of hydrogen-bond acceptors (Lipinski definition) is 5. The zero-order valence-electron chi connectivity index (χ0n) is 13.5. The molecule has 0 saturated heterocycles. The maximum atomic E-state index is 12.2. The number of hydrogen-bond donors (Lipinski definition) is 1. The van der Waals surface area contributed by atoms with Gasteiger partial charge in [0, 0.05) is 16.4 Å². The Morgan fingerprint density at radius 1 is 1.12 bits per heavy atom. The number of carbonyl (C=O) groups excluding carboxylic acids is 1. The summed E-state index contributed by atoms with van der Waals surface area (Å²) in [6.07, 6.45) is 1.69. The number of amides is 1. The van der Waals surface area contributed by atoms with E-state index in [2.05, 4.69) is 37.3 Å². The van der Waals surface area contributed by atoms with Gasteiger partial charge in [0.25, 0.3) is 0 Å². The lowest BCUT2D eigenvalue weighted by Gasteiger charge is -2.07. The van der Waals surface area contributed by atoms with Crippen molar-refractivity contribution in [3.63, 3.8) is 0 Å². The van der Waals surface area contributed by atoms with Crippen LogP contribution in [0.4, 0.5) is 5.69 Å². The zero-order chi connectivity index (χ0) is 18.4. The first-order valence-corrected chi connectivity index (χ1v) is 9.44. The molecule has 0 saturated carbocycles. The van der Waals surface area contributed by atoms with Gasteiger partial charge in [0.05, 0.1) is 22.7 Å². The van der Waals surface area contributed by atoms with Crippen molar-refractivity contribution in [3.8, 4) is 17.5 Å². The van der Waals surface area contributed by atoms with Crippen molar-refractivity contribution in [2.75, 3.05) is 11.1 Å².